The highest BCUT2D eigenvalue weighted by molar-refractivity contribution is 5.86. The zero-order valence-corrected chi connectivity index (χ0v) is 8.19. The largest absolute Gasteiger partial charge is 0.480 e. The van der Waals surface area contributed by atoms with Gasteiger partial charge in [0.1, 0.15) is 6.04 Å². The van der Waals surface area contributed by atoms with Crippen molar-refractivity contribution in [1.82, 2.24) is 5.32 Å². The van der Waals surface area contributed by atoms with Gasteiger partial charge in [0, 0.05) is 0 Å². The zero-order valence-electron chi connectivity index (χ0n) is 8.19. The molecule has 6 nitrogen and oxygen atoms in total. The number of rotatable bonds is 6. The van der Waals surface area contributed by atoms with Crippen LogP contribution >= 0.6 is 0 Å². The molecule has 0 aromatic rings. The van der Waals surface area contributed by atoms with Gasteiger partial charge in [0.2, 0.25) is 5.91 Å². The van der Waals surface area contributed by atoms with Crippen molar-refractivity contribution in [2.45, 2.75) is 31.8 Å². The quantitative estimate of drug-likeness (QED) is 0.425. The zero-order chi connectivity index (χ0) is 11.1. The molecule has 2 atom stereocenters. The van der Waals surface area contributed by atoms with Crippen molar-refractivity contribution >= 4 is 11.9 Å². The molecule has 0 aliphatic heterocycles. The Hall–Kier alpha value is -1.14. The molecule has 2 unspecified atom stereocenters. The van der Waals surface area contributed by atoms with E-state index in [9.17, 15) is 9.59 Å². The number of nitrogens with two attached hydrogens (primary N) is 2. The summed E-state index contributed by atoms with van der Waals surface area (Å²) in [7, 11) is 0. The lowest BCUT2D eigenvalue weighted by Crippen LogP contribution is -2.47. The van der Waals surface area contributed by atoms with Gasteiger partial charge in [0.05, 0.1) is 6.04 Å². The molecule has 0 aromatic carbocycles. The minimum atomic E-state index is -1.08. The Balaban J connectivity index is 3.88. The lowest BCUT2D eigenvalue weighted by Gasteiger charge is -2.14. The Morgan fingerprint density at radius 3 is 2.50 bits per heavy atom. The normalized spacial score (nSPS) is 14.5. The molecule has 0 radical (unpaired) electrons. The van der Waals surface area contributed by atoms with Crippen LogP contribution in [0.25, 0.3) is 0 Å². The predicted molar refractivity (Wildman–Crippen MR) is 51.5 cm³/mol. The van der Waals surface area contributed by atoms with Crippen LogP contribution in [0.1, 0.15) is 19.8 Å². The van der Waals surface area contributed by atoms with Crippen LogP contribution in [0.5, 0.6) is 0 Å². The molecule has 0 aliphatic carbocycles. The summed E-state index contributed by atoms with van der Waals surface area (Å²) in [4.78, 5) is 21.6. The molecule has 6 heteroatoms. The van der Waals surface area contributed by atoms with Gasteiger partial charge in [-0.15, -0.1) is 0 Å². The summed E-state index contributed by atoms with van der Waals surface area (Å²) in [6.07, 6.45) is 1.12. The number of amides is 1. The SMILES string of the molecule is CC(NC(=O)C(N)CCCN)C(=O)O. The van der Waals surface area contributed by atoms with E-state index < -0.39 is 24.0 Å². The summed E-state index contributed by atoms with van der Waals surface area (Å²) in [5, 5.41) is 10.8. The topological polar surface area (TPSA) is 118 Å². The first-order valence-corrected chi connectivity index (χ1v) is 4.48. The Bertz CT molecular complexity index is 208. The van der Waals surface area contributed by atoms with Crippen molar-refractivity contribution in [3.8, 4) is 0 Å². The number of hydrogen-bond donors (Lipinski definition) is 4. The number of carboxylic acids is 1. The molecule has 0 aromatic heterocycles. The molecular formula is C8H17N3O3. The second-order valence-corrected chi connectivity index (χ2v) is 3.11. The van der Waals surface area contributed by atoms with Crippen LogP contribution in [0.2, 0.25) is 0 Å². The van der Waals surface area contributed by atoms with E-state index in [0.717, 1.165) is 0 Å². The summed E-state index contributed by atoms with van der Waals surface area (Å²) in [5.41, 5.74) is 10.7. The van der Waals surface area contributed by atoms with E-state index in [2.05, 4.69) is 5.32 Å². The van der Waals surface area contributed by atoms with Gasteiger partial charge in [-0.2, -0.15) is 0 Å². The van der Waals surface area contributed by atoms with Crippen molar-refractivity contribution < 1.29 is 14.7 Å². The first-order chi connectivity index (χ1) is 6.49. The van der Waals surface area contributed by atoms with Gasteiger partial charge in [-0.3, -0.25) is 9.59 Å². The highest BCUT2D eigenvalue weighted by Crippen LogP contribution is 1.93. The molecule has 0 bridgehead atoms. The smallest absolute Gasteiger partial charge is 0.325 e. The van der Waals surface area contributed by atoms with Crippen LogP contribution in [0.15, 0.2) is 0 Å². The fourth-order valence-corrected chi connectivity index (χ4v) is 0.851. The van der Waals surface area contributed by atoms with Crippen LogP contribution in [-0.4, -0.2) is 35.6 Å². The second kappa shape index (κ2) is 6.33. The van der Waals surface area contributed by atoms with E-state index in [-0.39, 0.29) is 0 Å². The third-order valence-corrected chi connectivity index (χ3v) is 1.79. The van der Waals surface area contributed by atoms with Gasteiger partial charge in [0.15, 0.2) is 0 Å². The minimum Gasteiger partial charge on any atom is -0.480 e. The first-order valence-electron chi connectivity index (χ1n) is 4.48. The van der Waals surface area contributed by atoms with Crippen molar-refractivity contribution in [2.75, 3.05) is 6.54 Å². The monoisotopic (exact) mass is 203 g/mol. The third kappa shape index (κ3) is 4.78. The molecule has 0 heterocycles. The predicted octanol–water partition coefficient (Wildman–Crippen LogP) is -1.36. The molecule has 82 valence electrons. The summed E-state index contributed by atoms with van der Waals surface area (Å²) >= 11 is 0. The van der Waals surface area contributed by atoms with Crippen LogP contribution in [-0.2, 0) is 9.59 Å². The minimum absolute atomic E-state index is 0.451. The van der Waals surface area contributed by atoms with Crippen molar-refractivity contribution in [2.24, 2.45) is 11.5 Å². The van der Waals surface area contributed by atoms with E-state index in [1.54, 1.807) is 0 Å². The Labute approximate surface area is 82.6 Å². The highest BCUT2D eigenvalue weighted by Gasteiger charge is 2.18. The number of aliphatic carboxylic acids is 1. The van der Waals surface area contributed by atoms with Crippen LogP contribution in [0.3, 0.4) is 0 Å². The lowest BCUT2D eigenvalue weighted by molar-refractivity contribution is -0.141. The third-order valence-electron chi connectivity index (χ3n) is 1.79. The molecule has 0 spiro atoms. The number of carbonyl (C=O) groups excluding carboxylic acids is 1. The van der Waals surface area contributed by atoms with E-state index in [1.807, 2.05) is 0 Å². The van der Waals surface area contributed by atoms with E-state index in [1.165, 1.54) is 6.92 Å². The summed E-state index contributed by atoms with van der Waals surface area (Å²) in [5.74, 6) is -1.53. The Morgan fingerprint density at radius 2 is 2.07 bits per heavy atom. The molecule has 0 fully saturated rings. The van der Waals surface area contributed by atoms with Gasteiger partial charge >= 0.3 is 5.97 Å². The first kappa shape index (κ1) is 12.9. The molecule has 14 heavy (non-hydrogen) atoms. The molecule has 6 N–H and O–H groups in total. The maximum atomic E-state index is 11.2. The maximum absolute atomic E-state index is 11.2. The molecule has 0 saturated carbocycles. The van der Waals surface area contributed by atoms with Crippen LogP contribution < -0.4 is 16.8 Å². The van der Waals surface area contributed by atoms with Crippen molar-refractivity contribution in [3.63, 3.8) is 0 Å². The Kier molecular flexibility index (Phi) is 5.82. The molecule has 0 aliphatic rings. The average molecular weight is 203 g/mol. The van der Waals surface area contributed by atoms with Crippen molar-refractivity contribution in [1.29, 1.82) is 0 Å². The standard InChI is InChI=1S/C8H17N3O3/c1-5(8(13)14)11-7(12)6(10)3-2-4-9/h5-6H,2-4,9-10H2,1H3,(H,11,12)(H,13,14). The molecule has 1 amide bonds. The average Bonchev–Trinajstić information content (AvgIpc) is 2.13. The fourth-order valence-electron chi connectivity index (χ4n) is 0.851. The van der Waals surface area contributed by atoms with E-state index in [4.69, 9.17) is 16.6 Å². The van der Waals surface area contributed by atoms with Gasteiger partial charge < -0.3 is 21.9 Å². The molecule has 0 rings (SSSR count). The van der Waals surface area contributed by atoms with E-state index >= 15 is 0 Å². The van der Waals surface area contributed by atoms with Gasteiger partial charge in [0.25, 0.3) is 0 Å². The van der Waals surface area contributed by atoms with Gasteiger partial charge in [-0.05, 0) is 26.3 Å². The Morgan fingerprint density at radius 1 is 1.50 bits per heavy atom. The molecule has 0 saturated heterocycles. The van der Waals surface area contributed by atoms with Crippen LogP contribution in [0, 0.1) is 0 Å². The number of hydrogen-bond acceptors (Lipinski definition) is 4. The molecular weight excluding hydrogens is 186 g/mol. The van der Waals surface area contributed by atoms with Crippen molar-refractivity contribution in [3.05, 3.63) is 0 Å². The van der Waals surface area contributed by atoms with Crippen LogP contribution in [0.4, 0.5) is 0 Å². The summed E-state index contributed by atoms with van der Waals surface area (Å²) in [6.45, 7) is 1.85. The number of carbonyl (C=O) groups is 2. The fraction of sp³-hybridized carbons (Fsp3) is 0.750. The number of nitrogens with one attached hydrogen (secondary N) is 1. The second-order valence-electron chi connectivity index (χ2n) is 3.11. The number of carboxylic acid groups (broad SMARTS) is 1. The summed E-state index contributed by atoms with van der Waals surface area (Å²) in [6, 6.07) is -1.59. The van der Waals surface area contributed by atoms with Gasteiger partial charge in [-0.1, -0.05) is 0 Å². The van der Waals surface area contributed by atoms with Gasteiger partial charge in [-0.25, -0.2) is 0 Å². The maximum Gasteiger partial charge on any atom is 0.325 e. The summed E-state index contributed by atoms with van der Waals surface area (Å²) < 4.78 is 0. The lowest BCUT2D eigenvalue weighted by atomic mass is 10.1. The highest BCUT2D eigenvalue weighted by atomic mass is 16.4. The van der Waals surface area contributed by atoms with E-state index in [0.29, 0.717) is 19.4 Å².